The normalized spacial score (nSPS) is 15.1. The molecule has 2 amide bonds. The van der Waals surface area contributed by atoms with E-state index in [1.807, 2.05) is 0 Å². The molecule has 1 aromatic carbocycles. The summed E-state index contributed by atoms with van der Waals surface area (Å²) in [5.41, 5.74) is 0.876. The molecule has 0 unspecified atom stereocenters. The van der Waals surface area contributed by atoms with Crippen LogP contribution < -0.4 is 5.32 Å². The quantitative estimate of drug-likeness (QED) is 0.649. The highest BCUT2D eigenvalue weighted by atomic mass is 32.2. The smallest absolute Gasteiger partial charge is 0.271 e. The lowest BCUT2D eigenvalue weighted by atomic mass is 10.2. The number of hydrogen-bond donors (Lipinski definition) is 1. The Morgan fingerprint density at radius 3 is 2.69 bits per heavy atom. The molecule has 1 aromatic heterocycles. The Hall–Kier alpha value is -2.76. The van der Waals surface area contributed by atoms with Crippen LogP contribution in [0.25, 0.3) is 5.69 Å². The largest absolute Gasteiger partial charge is 0.383 e. The van der Waals surface area contributed by atoms with Crippen LogP contribution in [0.2, 0.25) is 0 Å². The lowest BCUT2D eigenvalue weighted by Gasteiger charge is -2.21. The Kier molecular flexibility index (Phi) is 6.01. The number of carbonyl (C=O) groups excluding carboxylic acids is 2. The van der Waals surface area contributed by atoms with Gasteiger partial charge in [-0.15, -0.1) is 0 Å². The van der Waals surface area contributed by atoms with E-state index in [4.69, 9.17) is 4.74 Å². The first kappa shape index (κ1) is 21.0. The van der Waals surface area contributed by atoms with Crippen molar-refractivity contribution in [1.29, 1.82) is 0 Å². The zero-order valence-corrected chi connectivity index (χ0v) is 17.3. The number of likely N-dealkylation sites (N-methyl/N-ethyl adjacent to an activating group) is 1. The fraction of sp³-hybridized carbons (Fsp3) is 0.389. The van der Waals surface area contributed by atoms with Gasteiger partial charge in [-0.05, 0) is 12.1 Å². The molecular weight excluding hydrogens is 398 g/mol. The zero-order chi connectivity index (χ0) is 21.2. The second kappa shape index (κ2) is 8.31. The lowest BCUT2D eigenvalue weighted by molar-refractivity contribution is -0.128. The highest BCUT2D eigenvalue weighted by Crippen LogP contribution is 2.31. The molecule has 0 saturated carbocycles. The number of para-hydroxylation sites is 1. The molecule has 0 bridgehead atoms. The number of nitrogens with zero attached hydrogens (tertiary/aromatic N) is 4. The fourth-order valence-electron chi connectivity index (χ4n) is 2.97. The SMILES string of the molecule is COCCNC(=O)c1ncn2c1CN(CC(=O)N(C)C)S(=O)(=O)c1ccccc1-2. The van der Waals surface area contributed by atoms with Crippen LogP contribution in [0.5, 0.6) is 0 Å². The van der Waals surface area contributed by atoms with Crippen molar-refractivity contribution in [2.45, 2.75) is 11.4 Å². The predicted molar refractivity (Wildman–Crippen MR) is 104 cm³/mol. The number of rotatable bonds is 6. The van der Waals surface area contributed by atoms with E-state index in [0.717, 1.165) is 4.31 Å². The standard InChI is InChI=1S/C18H23N5O5S/c1-21(2)16(24)11-22-10-14-17(18(25)19-8-9-28-3)20-12-23(14)13-6-4-5-7-15(13)29(22,26)27/h4-7,12H,8-11H2,1-3H3,(H,19,25). The van der Waals surface area contributed by atoms with Crippen molar-refractivity contribution in [3.8, 4) is 5.69 Å². The van der Waals surface area contributed by atoms with Crippen molar-refractivity contribution in [1.82, 2.24) is 24.1 Å². The molecule has 2 heterocycles. The number of amides is 2. The number of fused-ring (bicyclic) bond motifs is 3. The molecule has 1 aliphatic heterocycles. The van der Waals surface area contributed by atoms with Crippen LogP contribution >= 0.6 is 0 Å². The molecular formula is C18H23N5O5S. The third-order valence-corrected chi connectivity index (χ3v) is 6.39. The maximum atomic E-state index is 13.2. The molecule has 156 valence electrons. The lowest BCUT2D eigenvalue weighted by Crippen LogP contribution is -2.39. The summed E-state index contributed by atoms with van der Waals surface area (Å²) in [6, 6.07) is 6.44. The van der Waals surface area contributed by atoms with Crippen LogP contribution in [0.1, 0.15) is 16.2 Å². The third-order valence-electron chi connectivity index (χ3n) is 4.55. The summed E-state index contributed by atoms with van der Waals surface area (Å²) in [7, 11) is 0.671. The Balaban J connectivity index is 2.09. The Labute approximate surface area is 169 Å². The van der Waals surface area contributed by atoms with Gasteiger partial charge in [0.05, 0.1) is 31.1 Å². The maximum Gasteiger partial charge on any atom is 0.271 e. The Bertz CT molecular complexity index is 1030. The van der Waals surface area contributed by atoms with Crippen LogP contribution in [0.3, 0.4) is 0 Å². The second-order valence-electron chi connectivity index (χ2n) is 6.69. The average Bonchev–Trinajstić information content (AvgIpc) is 3.07. The van der Waals surface area contributed by atoms with Crippen molar-refractivity contribution in [2.24, 2.45) is 0 Å². The van der Waals surface area contributed by atoms with Crippen LogP contribution in [-0.4, -0.2) is 79.9 Å². The summed E-state index contributed by atoms with van der Waals surface area (Å²) in [6.45, 7) is 0.116. The summed E-state index contributed by atoms with van der Waals surface area (Å²) in [5, 5.41) is 2.69. The van der Waals surface area contributed by atoms with Crippen LogP contribution in [0.4, 0.5) is 0 Å². The van der Waals surface area contributed by atoms with Crippen LogP contribution in [0, 0.1) is 0 Å². The topological polar surface area (TPSA) is 114 Å². The number of sulfonamides is 1. The van der Waals surface area contributed by atoms with Gasteiger partial charge in [0.1, 0.15) is 11.2 Å². The maximum absolute atomic E-state index is 13.2. The van der Waals surface area contributed by atoms with Gasteiger partial charge in [0.15, 0.2) is 5.69 Å². The van der Waals surface area contributed by atoms with E-state index in [2.05, 4.69) is 10.3 Å². The van der Waals surface area contributed by atoms with E-state index in [0.29, 0.717) is 24.5 Å². The molecule has 0 fully saturated rings. The number of imidazole rings is 1. The number of hydrogen-bond acceptors (Lipinski definition) is 6. The molecule has 3 rings (SSSR count). The number of nitrogens with one attached hydrogen (secondary N) is 1. The van der Waals surface area contributed by atoms with Gasteiger partial charge in [0, 0.05) is 27.7 Å². The minimum Gasteiger partial charge on any atom is -0.383 e. The zero-order valence-electron chi connectivity index (χ0n) is 16.5. The van der Waals surface area contributed by atoms with Gasteiger partial charge in [-0.2, -0.15) is 4.31 Å². The summed E-state index contributed by atoms with van der Waals surface area (Å²) >= 11 is 0. The molecule has 29 heavy (non-hydrogen) atoms. The highest BCUT2D eigenvalue weighted by molar-refractivity contribution is 7.89. The van der Waals surface area contributed by atoms with Crippen molar-refractivity contribution < 1.29 is 22.7 Å². The summed E-state index contributed by atoms with van der Waals surface area (Å²) < 4.78 is 34.1. The molecule has 10 nitrogen and oxygen atoms in total. The van der Waals surface area contributed by atoms with Crippen molar-refractivity contribution in [2.75, 3.05) is 40.9 Å². The van der Waals surface area contributed by atoms with Crippen molar-refractivity contribution in [3.63, 3.8) is 0 Å². The number of carbonyl (C=O) groups is 2. The second-order valence-corrected chi connectivity index (χ2v) is 8.59. The first-order valence-electron chi connectivity index (χ1n) is 8.90. The van der Waals surface area contributed by atoms with Gasteiger partial charge in [0.25, 0.3) is 5.91 Å². The van der Waals surface area contributed by atoms with Crippen molar-refractivity contribution >= 4 is 21.8 Å². The monoisotopic (exact) mass is 421 g/mol. The summed E-state index contributed by atoms with van der Waals surface area (Å²) in [5.74, 6) is -0.809. The molecule has 0 spiro atoms. The third kappa shape index (κ3) is 4.02. The average molecular weight is 421 g/mol. The van der Waals surface area contributed by atoms with Gasteiger partial charge >= 0.3 is 0 Å². The van der Waals surface area contributed by atoms with E-state index >= 15 is 0 Å². The Morgan fingerprint density at radius 2 is 2.00 bits per heavy atom. The first-order chi connectivity index (χ1) is 13.8. The number of aromatic nitrogens is 2. The number of benzene rings is 1. The van der Waals surface area contributed by atoms with E-state index < -0.39 is 15.9 Å². The van der Waals surface area contributed by atoms with Gasteiger partial charge in [-0.1, -0.05) is 12.1 Å². The van der Waals surface area contributed by atoms with Gasteiger partial charge in [0.2, 0.25) is 15.9 Å². The molecule has 1 aliphatic rings. The van der Waals surface area contributed by atoms with E-state index in [-0.39, 0.29) is 29.6 Å². The molecule has 2 aromatic rings. The molecule has 0 radical (unpaired) electrons. The first-order valence-corrected chi connectivity index (χ1v) is 10.3. The predicted octanol–water partition coefficient (Wildman–Crippen LogP) is -0.159. The number of methoxy groups -OCH3 is 1. The van der Waals surface area contributed by atoms with Gasteiger partial charge < -0.3 is 15.0 Å². The van der Waals surface area contributed by atoms with Gasteiger partial charge in [-0.25, -0.2) is 13.4 Å². The summed E-state index contributed by atoms with van der Waals surface area (Å²) in [6.07, 6.45) is 1.42. The molecule has 11 heteroatoms. The molecule has 0 aliphatic carbocycles. The van der Waals surface area contributed by atoms with Crippen molar-refractivity contribution in [3.05, 3.63) is 42.0 Å². The minimum absolute atomic E-state index is 0.0500. The molecule has 1 N–H and O–H groups in total. The molecule has 0 saturated heterocycles. The van der Waals surface area contributed by atoms with E-state index in [9.17, 15) is 18.0 Å². The highest BCUT2D eigenvalue weighted by Gasteiger charge is 2.36. The van der Waals surface area contributed by atoms with Gasteiger partial charge in [-0.3, -0.25) is 14.2 Å². The van der Waals surface area contributed by atoms with E-state index in [1.165, 1.54) is 24.4 Å². The van der Waals surface area contributed by atoms with E-state index in [1.54, 1.807) is 36.9 Å². The van der Waals surface area contributed by atoms with Crippen LogP contribution in [0.15, 0.2) is 35.5 Å². The minimum atomic E-state index is -3.96. The number of ether oxygens (including phenoxy) is 1. The molecule has 0 atom stereocenters. The fourth-order valence-corrected chi connectivity index (χ4v) is 4.50. The summed E-state index contributed by atoms with van der Waals surface area (Å²) in [4.78, 5) is 30.4. The van der Waals surface area contributed by atoms with Crippen LogP contribution in [-0.2, 0) is 26.1 Å². The Morgan fingerprint density at radius 1 is 1.28 bits per heavy atom.